The van der Waals surface area contributed by atoms with Gasteiger partial charge < -0.3 is 18.9 Å². The number of fused-ring (bicyclic) bond motifs is 10. The number of carbonyl (C=O) groups is 2. The molecule has 0 aromatic heterocycles. The Hall–Kier alpha value is -4.58. The zero-order valence-corrected chi connectivity index (χ0v) is 35.4. The van der Waals surface area contributed by atoms with E-state index in [9.17, 15) is 9.59 Å². The molecule has 0 spiro atoms. The summed E-state index contributed by atoms with van der Waals surface area (Å²) in [6.45, 7) is 8.62. The van der Waals surface area contributed by atoms with E-state index in [1.807, 2.05) is 0 Å². The van der Waals surface area contributed by atoms with Gasteiger partial charge in [0.05, 0.1) is 13.2 Å². The summed E-state index contributed by atoms with van der Waals surface area (Å²) in [5.41, 5.74) is 9.49. The Labute approximate surface area is 346 Å². The summed E-state index contributed by atoms with van der Waals surface area (Å²) >= 11 is 0. The highest BCUT2D eigenvalue weighted by Crippen LogP contribution is 2.51. The van der Waals surface area contributed by atoms with E-state index in [1.165, 1.54) is 126 Å². The van der Waals surface area contributed by atoms with Crippen molar-refractivity contribution < 1.29 is 28.5 Å². The first-order chi connectivity index (χ1) is 28.4. The molecular weight excluding hydrogens is 721 g/mol. The van der Waals surface area contributed by atoms with Crippen LogP contribution in [0.5, 0.6) is 0 Å². The van der Waals surface area contributed by atoms with Crippen molar-refractivity contribution in [3.8, 4) is 0 Å². The normalized spacial score (nSPS) is 19.3. The van der Waals surface area contributed by atoms with Crippen molar-refractivity contribution in [3.05, 3.63) is 112 Å². The van der Waals surface area contributed by atoms with Crippen molar-refractivity contribution in [2.45, 2.75) is 149 Å². The summed E-state index contributed by atoms with van der Waals surface area (Å²) in [4.78, 5) is 26.1. The van der Waals surface area contributed by atoms with Gasteiger partial charge in [0.2, 0.25) is 0 Å². The summed E-state index contributed by atoms with van der Waals surface area (Å²) in [6, 6.07) is 22.8. The van der Waals surface area contributed by atoms with Crippen molar-refractivity contribution >= 4 is 39.4 Å². The number of benzene rings is 4. The van der Waals surface area contributed by atoms with Gasteiger partial charge >= 0.3 is 12.3 Å². The summed E-state index contributed by atoms with van der Waals surface area (Å²) in [6.07, 6.45) is 21.0. The molecular formula is C52H64O6. The Morgan fingerprint density at radius 2 is 1.16 bits per heavy atom. The minimum Gasteiger partial charge on any atom is -0.435 e. The lowest BCUT2D eigenvalue weighted by molar-refractivity contribution is 0.00659. The number of unbranched alkanes of at least 4 members (excludes halogenated alkanes) is 10. The average Bonchev–Trinajstić information content (AvgIpc) is 3.22. The van der Waals surface area contributed by atoms with Gasteiger partial charge in [0.1, 0.15) is 12.2 Å². The number of ether oxygens (including phenoxy) is 4. The van der Waals surface area contributed by atoms with E-state index < -0.39 is 24.5 Å². The smallest absolute Gasteiger partial charge is 0.435 e. The monoisotopic (exact) mass is 784 g/mol. The summed E-state index contributed by atoms with van der Waals surface area (Å²) < 4.78 is 23.1. The minimum absolute atomic E-state index is 0.0889. The van der Waals surface area contributed by atoms with E-state index in [4.69, 9.17) is 18.9 Å². The fraction of sp³-hybridized carbons (Fsp3) is 0.500. The molecule has 0 saturated carbocycles. The van der Waals surface area contributed by atoms with Crippen molar-refractivity contribution in [1.82, 2.24) is 0 Å². The van der Waals surface area contributed by atoms with Gasteiger partial charge in [-0.15, -0.1) is 0 Å². The maximum absolute atomic E-state index is 13.1. The van der Waals surface area contributed by atoms with E-state index in [2.05, 4.69) is 86.7 Å². The molecule has 0 radical (unpaired) electrons. The van der Waals surface area contributed by atoms with Crippen LogP contribution in [0.25, 0.3) is 27.1 Å². The number of rotatable bonds is 18. The maximum atomic E-state index is 13.1. The molecule has 4 atom stereocenters. The lowest BCUT2D eigenvalue weighted by atomic mass is 9.65. The van der Waals surface area contributed by atoms with Crippen molar-refractivity contribution in [2.75, 3.05) is 13.2 Å². The third-order valence-corrected chi connectivity index (χ3v) is 12.7. The summed E-state index contributed by atoms with van der Waals surface area (Å²) in [5.74, 6) is -0.223. The van der Waals surface area contributed by atoms with Crippen LogP contribution in [0, 0.1) is 5.92 Å². The third kappa shape index (κ3) is 9.48. The first-order valence-electron chi connectivity index (χ1n) is 22.6. The molecule has 4 aromatic carbocycles. The molecule has 0 N–H and O–H groups in total. The van der Waals surface area contributed by atoms with E-state index in [1.54, 1.807) is 13.8 Å². The van der Waals surface area contributed by atoms with Crippen LogP contribution in [0.4, 0.5) is 9.59 Å². The molecule has 0 saturated heterocycles. The molecule has 6 nitrogen and oxygen atoms in total. The van der Waals surface area contributed by atoms with Gasteiger partial charge in [-0.1, -0.05) is 151 Å². The summed E-state index contributed by atoms with van der Waals surface area (Å²) in [5, 5.41) is 4.80. The lowest BCUT2D eigenvalue weighted by Crippen LogP contribution is -2.39. The molecule has 0 fully saturated rings. The van der Waals surface area contributed by atoms with Gasteiger partial charge in [-0.25, -0.2) is 9.59 Å². The van der Waals surface area contributed by atoms with Crippen LogP contribution in [0.2, 0.25) is 0 Å². The highest BCUT2D eigenvalue weighted by atomic mass is 16.7. The Bertz CT molecular complexity index is 2130. The zero-order valence-electron chi connectivity index (χ0n) is 35.4. The second-order valence-electron chi connectivity index (χ2n) is 16.7. The second kappa shape index (κ2) is 19.9. The molecule has 0 bridgehead atoms. The Morgan fingerprint density at radius 3 is 1.78 bits per heavy atom. The number of allylic oxidation sites excluding steroid dienone is 1. The van der Waals surface area contributed by atoms with E-state index in [0.717, 1.165) is 29.6 Å². The average molecular weight is 785 g/mol. The van der Waals surface area contributed by atoms with Crippen LogP contribution < -0.4 is 0 Å². The van der Waals surface area contributed by atoms with Gasteiger partial charge in [0, 0.05) is 24.7 Å². The number of aryl methyl sites for hydroxylation is 2. The topological polar surface area (TPSA) is 71.1 Å². The van der Waals surface area contributed by atoms with Crippen molar-refractivity contribution in [2.24, 2.45) is 5.92 Å². The van der Waals surface area contributed by atoms with Crippen molar-refractivity contribution in [3.63, 3.8) is 0 Å². The molecule has 0 aliphatic heterocycles. The fourth-order valence-corrected chi connectivity index (χ4v) is 9.80. The molecule has 308 valence electrons. The maximum Gasteiger partial charge on any atom is 0.508 e. The standard InChI is InChI=1S/C52H64O6/c1-5-9-11-13-15-17-19-35-21-25-39-37(29-35)23-27-41-43-31-48-44(32-47(43)49(33-45(39)41)57-51(53)55-7-3)42-28-24-38-30-36(20-18-16-14-12-10-6-2)22-26-40(38)46(42)34-50(48)58-52(54)56-8-4/h21-32,43,47,49-50H,5-20,33-34H2,1-4H3. The van der Waals surface area contributed by atoms with Gasteiger partial charge in [-0.2, -0.15) is 0 Å². The van der Waals surface area contributed by atoms with Gasteiger partial charge in [0.25, 0.3) is 0 Å². The Kier molecular flexibility index (Phi) is 14.3. The molecule has 4 unspecified atom stereocenters. The van der Waals surface area contributed by atoms with Crippen LogP contribution in [-0.4, -0.2) is 37.7 Å². The highest BCUT2D eigenvalue weighted by Gasteiger charge is 2.44. The molecule has 3 aliphatic carbocycles. The largest absolute Gasteiger partial charge is 0.508 e. The molecule has 6 heteroatoms. The van der Waals surface area contributed by atoms with Crippen LogP contribution >= 0.6 is 0 Å². The van der Waals surface area contributed by atoms with Crippen LogP contribution in [0.15, 0.2) is 78.4 Å². The first-order valence-corrected chi connectivity index (χ1v) is 22.6. The molecule has 58 heavy (non-hydrogen) atoms. The van der Waals surface area contributed by atoms with Gasteiger partial charge in [-0.05, 0) is 106 Å². The number of carbonyl (C=O) groups excluding carboxylic acids is 2. The molecule has 0 heterocycles. The predicted molar refractivity (Wildman–Crippen MR) is 236 cm³/mol. The van der Waals surface area contributed by atoms with Crippen LogP contribution in [0.3, 0.4) is 0 Å². The van der Waals surface area contributed by atoms with Crippen LogP contribution in [0.1, 0.15) is 144 Å². The van der Waals surface area contributed by atoms with E-state index in [-0.39, 0.29) is 25.0 Å². The van der Waals surface area contributed by atoms with Gasteiger partial charge in [0.15, 0.2) is 0 Å². The highest BCUT2D eigenvalue weighted by molar-refractivity contribution is 5.96. The van der Waals surface area contributed by atoms with E-state index in [0.29, 0.717) is 12.8 Å². The Balaban J connectivity index is 1.23. The zero-order chi connectivity index (χ0) is 40.4. The van der Waals surface area contributed by atoms with E-state index >= 15 is 0 Å². The SMILES string of the molecule is CCCCCCCCc1ccc2c3c(ccc2c1)C1=CC2C(OC(=O)OCC)Cc4c(ccc5cc(CCCCCCCC)ccc45)C2C=C1C(OC(=O)OCC)C3. The van der Waals surface area contributed by atoms with Crippen LogP contribution in [-0.2, 0) is 44.6 Å². The first kappa shape index (κ1) is 41.6. The molecule has 7 rings (SSSR count). The number of hydrogen-bond donors (Lipinski definition) is 0. The summed E-state index contributed by atoms with van der Waals surface area (Å²) in [7, 11) is 0. The minimum atomic E-state index is -0.657. The predicted octanol–water partition coefficient (Wildman–Crippen LogP) is 13.7. The third-order valence-electron chi connectivity index (χ3n) is 12.7. The fourth-order valence-electron chi connectivity index (χ4n) is 9.80. The second-order valence-corrected chi connectivity index (χ2v) is 16.7. The quantitative estimate of drug-likeness (QED) is 0.0739. The lowest BCUT2D eigenvalue weighted by Gasteiger charge is -2.42. The molecule has 4 aromatic rings. The number of hydrogen-bond acceptors (Lipinski definition) is 6. The van der Waals surface area contributed by atoms with Crippen molar-refractivity contribution in [1.29, 1.82) is 0 Å². The Morgan fingerprint density at radius 1 is 0.586 bits per heavy atom. The molecule has 3 aliphatic rings. The molecule has 0 amide bonds. The van der Waals surface area contributed by atoms with Gasteiger partial charge in [-0.3, -0.25) is 0 Å².